The summed E-state index contributed by atoms with van der Waals surface area (Å²) in [6.07, 6.45) is 26.6. The van der Waals surface area contributed by atoms with Crippen LogP contribution in [0.5, 0.6) is 0 Å². The van der Waals surface area contributed by atoms with Crippen LogP contribution >= 0.6 is 7.82 Å². The zero-order valence-corrected chi connectivity index (χ0v) is 26.7. The van der Waals surface area contributed by atoms with E-state index in [-0.39, 0.29) is 32.3 Å². The second-order valence-electron chi connectivity index (χ2n) is 10.7. The molecule has 0 heterocycles. The highest BCUT2D eigenvalue weighted by atomic mass is 31.2. The molecule has 0 aromatic heterocycles. The highest BCUT2D eigenvalue weighted by molar-refractivity contribution is 7.47. The third-order valence-electron chi connectivity index (χ3n) is 6.68. The fourth-order valence-electron chi connectivity index (χ4n) is 4.28. The molecule has 0 aromatic carbocycles. The van der Waals surface area contributed by atoms with E-state index in [0.717, 1.165) is 44.9 Å². The smallest absolute Gasteiger partial charge is 0.457 e. The molecule has 0 aliphatic carbocycles. The summed E-state index contributed by atoms with van der Waals surface area (Å²) in [6.45, 7) is 4.86. The molecule has 3 N–H and O–H groups in total. The van der Waals surface area contributed by atoms with Crippen LogP contribution in [0.4, 0.5) is 0 Å². The zero-order valence-electron chi connectivity index (χ0n) is 25.8. The van der Waals surface area contributed by atoms with Gasteiger partial charge in [0.05, 0.1) is 19.8 Å². The third kappa shape index (κ3) is 28.8. The molecule has 8 nitrogen and oxygen atoms in total. The van der Waals surface area contributed by atoms with E-state index >= 15 is 0 Å². The Morgan fingerprint density at radius 1 is 0.725 bits per heavy atom. The van der Waals surface area contributed by atoms with Crippen LogP contribution in [0.3, 0.4) is 0 Å². The molecule has 0 radical (unpaired) electrons. The molecule has 0 rings (SSSR count). The van der Waals surface area contributed by atoms with E-state index in [9.17, 15) is 14.3 Å². The fourth-order valence-corrected chi connectivity index (χ4v) is 5.05. The van der Waals surface area contributed by atoms with Crippen molar-refractivity contribution in [2.24, 2.45) is 5.73 Å². The summed E-state index contributed by atoms with van der Waals surface area (Å²) in [5.74, 6) is -0.342. The Kier molecular flexibility index (Phi) is 29.2. The monoisotopic (exact) mass is 591 g/mol. The second-order valence-corrected chi connectivity index (χ2v) is 12.1. The number of hydrogen-bond acceptors (Lipinski definition) is 7. The number of phosphoric ester groups is 1. The van der Waals surface area contributed by atoms with Gasteiger partial charge in [-0.25, -0.2) is 4.57 Å². The van der Waals surface area contributed by atoms with Gasteiger partial charge in [-0.2, -0.15) is 0 Å². The average Bonchev–Trinajstić information content (AvgIpc) is 2.94. The van der Waals surface area contributed by atoms with Crippen LogP contribution < -0.4 is 5.73 Å². The van der Waals surface area contributed by atoms with Crippen molar-refractivity contribution < 1.29 is 32.8 Å². The minimum absolute atomic E-state index is 0.0948. The molecule has 0 aromatic rings. The number of phosphoric acid groups is 1. The van der Waals surface area contributed by atoms with Crippen LogP contribution in [0.25, 0.3) is 0 Å². The summed E-state index contributed by atoms with van der Waals surface area (Å²) in [7, 11) is -4.25. The van der Waals surface area contributed by atoms with E-state index in [0.29, 0.717) is 13.0 Å². The third-order valence-corrected chi connectivity index (χ3v) is 7.67. The Bertz CT molecular complexity index is 633. The minimum atomic E-state index is -4.25. The average molecular weight is 592 g/mol. The quantitative estimate of drug-likeness (QED) is 0.0357. The van der Waals surface area contributed by atoms with Crippen molar-refractivity contribution in [3.8, 4) is 0 Å². The number of allylic oxidation sites excluding steroid dienone is 2. The molecule has 0 fully saturated rings. The molecular weight excluding hydrogens is 529 g/mol. The topological polar surface area (TPSA) is 117 Å². The Balaban J connectivity index is 4.13. The van der Waals surface area contributed by atoms with Gasteiger partial charge in [0.2, 0.25) is 0 Å². The molecule has 0 saturated heterocycles. The largest absolute Gasteiger partial charge is 0.472 e. The number of carbonyl (C=O) groups is 1. The molecule has 0 amide bonds. The van der Waals surface area contributed by atoms with Gasteiger partial charge in [0.1, 0.15) is 6.10 Å². The molecular formula is C31H62NO7P. The first-order valence-corrected chi connectivity index (χ1v) is 17.7. The number of ether oxygens (including phenoxy) is 2. The molecule has 0 spiro atoms. The number of nitrogens with two attached hydrogens (primary N) is 1. The van der Waals surface area contributed by atoms with E-state index < -0.39 is 13.9 Å². The Morgan fingerprint density at radius 3 is 1.82 bits per heavy atom. The molecule has 0 aliphatic heterocycles. The Labute approximate surface area is 245 Å². The molecule has 238 valence electrons. The highest BCUT2D eigenvalue weighted by Crippen LogP contribution is 2.43. The minimum Gasteiger partial charge on any atom is -0.457 e. The summed E-state index contributed by atoms with van der Waals surface area (Å²) >= 11 is 0. The van der Waals surface area contributed by atoms with Gasteiger partial charge in [-0.15, -0.1) is 0 Å². The van der Waals surface area contributed by atoms with Crippen LogP contribution in [-0.4, -0.2) is 49.9 Å². The predicted molar refractivity (Wildman–Crippen MR) is 164 cm³/mol. The summed E-state index contributed by atoms with van der Waals surface area (Å²) in [5.41, 5.74) is 5.32. The summed E-state index contributed by atoms with van der Waals surface area (Å²) in [4.78, 5) is 22.2. The van der Waals surface area contributed by atoms with Crippen LogP contribution in [0.1, 0.15) is 142 Å². The lowest BCUT2D eigenvalue weighted by atomic mass is 10.1. The van der Waals surface area contributed by atoms with Crippen molar-refractivity contribution in [2.75, 3.05) is 33.0 Å². The van der Waals surface area contributed by atoms with E-state index in [1.165, 1.54) is 77.0 Å². The molecule has 2 atom stereocenters. The standard InChI is InChI=1S/C31H62NO7P/c1-3-5-7-9-11-12-13-14-15-16-17-18-20-22-24-31(33)39-30(29-38-40(34,35)37-27-25-32)28-36-26-23-21-19-10-8-6-4-2/h13-14,30H,3-12,15-29,32H2,1-2H3,(H,34,35)/b14-13-. The molecule has 40 heavy (non-hydrogen) atoms. The molecule has 0 aliphatic rings. The van der Waals surface area contributed by atoms with Crippen LogP contribution in [0, 0.1) is 0 Å². The van der Waals surface area contributed by atoms with Crippen molar-refractivity contribution in [3.63, 3.8) is 0 Å². The Hall–Kier alpha value is -0.760. The van der Waals surface area contributed by atoms with E-state index in [4.69, 9.17) is 24.3 Å². The number of hydrogen-bond donors (Lipinski definition) is 2. The first-order chi connectivity index (χ1) is 19.4. The lowest BCUT2D eigenvalue weighted by Crippen LogP contribution is -2.28. The highest BCUT2D eigenvalue weighted by Gasteiger charge is 2.25. The van der Waals surface area contributed by atoms with Gasteiger partial charge in [-0.05, 0) is 38.5 Å². The van der Waals surface area contributed by atoms with E-state index in [1.54, 1.807) is 0 Å². The summed E-state index contributed by atoms with van der Waals surface area (Å²) in [5, 5.41) is 0. The SMILES string of the molecule is CCCCCCC/C=C\CCCCCCCC(=O)OC(COCCCCCCCCC)COP(=O)(O)OCCN. The fraction of sp³-hybridized carbons (Fsp3) is 0.903. The van der Waals surface area contributed by atoms with Gasteiger partial charge >= 0.3 is 13.8 Å². The molecule has 0 saturated carbocycles. The van der Waals surface area contributed by atoms with Crippen molar-refractivity contribution >= 4 is 13.8 Å². The van der Waals surface area contributed by atoms with Crippen LogP contribution in [0.2, 0.25) is 0 Å². The molecule has 0 bridgehead atoms. The second kappa shape index (κ2) is 29.7. The van der Waals surface area contributed by atoms with Crippen molar-refractivity contribution in [1.82, 2.24) is 0 Å². The predicted octanol–water partition coefficient (Wildman–Crippen LogP) is 8.41. The van der Waals surface area contributed by atoms with Crippen LogP contribution in [0.15, 0.2) is 12.2 Å². The van der Waals surface area contributed by atoms with Gasteiger partial charge in [-0.1, -0.05) is 109 Å². The Morgan fingerprint density at radius 2 is 1.25 bits per heavy atom. The maximum absolute atomic E-state index is 12.4. The number of unbranched alkanes of at least 4 members (excludes halogenated alkanes) is 16. The first-order valence-electron chi connectivity index (χ1n) is 16.2. The molecule has 9 heteroatoms. The van der Waals surface area contributed by atoms with Gasteiger partial charge in [0, 0.05) is 19.6 Å². The number of esters is 1. The normalized spacial score (nSPS) is 14.0. The first kappa shape index (κ1) is 39.2. The summed E-state index contributed by atoms with van der Waals surface area (Å²) < 4.78 is 33.0. The lowest BCUT2D eigenvalue weighted by Gasteiger charge is -2.20. The lowest BCUT2D eigenvalue weighted by molar-refractivity contribution is -0.154. The summed E-state index contributed by atoms with van der Waals surface area (Å²) in [6, 6.07) is 0. The van der Waals surface area contributed by atoms with Crippen LogP contribution in [-0.2, 0) is 27.9 Å². The van der Waals surface area contributed by atoms with Gasteiger partial charge in [0.25, 0.3) is 0 Å². The van der Waals surface area contributed by atoms with Crippen molar-refractivity contribution in [2.45, 2.75) is 148 Å². The molecule has 2 unspecified atom stereocenters. The van der Waals surface area contributed by atoms with Gasteiger partial charge < -0.3 is 20.1 Å². The maximum atomic E-state index is 12.4. The van der Waals surface area contributed by atoms with Gasteiger partial charge in [0.15, 0.2) is 0 Å². The number of carbonyl (C=O) groups excluding carboxylic acids is 1. The van der Waals surface area contributed by atoms with E-state index in [1.807, 2.05) is 0 Å². The van der Waals surface area contributed by atoms with Gasteiger partial charge in [-0.3, -0.25) is 13.8 Å². The maximum Gasteiger partial charge on any atom is 0.472 e. The number of rotatable bonds is 31. The zero-order chi connectivity index (χ0) is 29.6. The van der Waals surface area contributed by atoms with Crippen molar-refractivity contribution in [1.29, 1.82) is 0 Å². The van der Waals surface area contributed by atoms with Crippen molar-refractivity contribution in [3.05, 3.63) is 12.2 Å². The van der Waals surface area contributed by atoms with E-state index in [2.05, 4.69) is 26.0 Å².